The second kappa shape index (κ2) is 3.94. The molecule has 2 aromatic rings. The summed E-state index contributed by atoms with van der Waals surface area (Å²) in [6.45, 7) is 1.41. The van der Waals surface area contributed by atoms with Crippen LogP contribution in [0.3, 0.4) is 0 Å². The maximum absolute atomic E-state index is 13.2. The summed E-state index contributed by atoms with van der Waals surface area (Å²) < 4.78 is 20.2. The summed E-state index contributed by atoms with van der Waals surface area (Å²) in [5.74, 6) is -0.280. The summed E-state index contributed by atoms with van der Waals surface area (Å²) >= 11 is 0. The summed E-state index contributed by atoms with van der Waals surface area (Å²) in [5, 5.41) is 4.42. The van der Waals surface area contributed by atoms with Gasteiger partial charge in [-0.15, -0.1) is 0 Å². The minimum Gasteiger partial charge on any atom is -0.370 e. The van der Waals surface area contributed by atoms with Crippen LogP contribution in [0.1, 0.15) is 17.0 Å². The maximum atomic E-state index is 13.2. The molecule has 0 saturated heterocycles. The molecule has 1 aliphatic rings. The Balaban J connectivity index is 2.15. The van der Waals surface area contributed by atoms with Gasteiger partial charge in [0.25, 0.3) is 0 Å². The van der Waals surface area contributed by atoms with Crippen LogP contribution in [0.5, 0.6) is 0 Å². The first-order valence-electron chi connectivity index (χ1n) is 5.43. The van der Waals surface area contributed by atoms with Crippen LogP contribution in [0.4, 0.5) is 4.39 Å². The first kappa shape index (κ1) is 10.4. The number of ether oxygens (including phenoxy) is 1. The minimum absolute atomic E-state index is 0.280. The van der Waals surface area contributed by atoms with Crippen LogP contribution in [0, 0.1) is 5.82 Å². The van der Waals surface area contributed by atoms with E-state index in [0.29, 0.717) is 25.4 Å². The fourth-order valence-electron chi connectivity index (χ4n) is 2.10. The summed E-state index contributed by atoms with van der Waals surface area (Å²) in [6, 6.07) is 6.33. The Hall–Kier alpha value is -1.72. The van der Waals surface area contributed by atoms with Crippen LogP contribution in [0.15, 0.2) is 24.3 Å². The number of aromatic nitrogens is 2. The van der Waals surface area contributed by atoms with Gasteiger partial charge in [-0.2, -0.15) is 5.10 Å². The zero-order valence-corrected chi connectivity index (χ0v) is 9.19. The second-order valence-electron chi connectivity index (χ2n) is 3.96. The van der Waals surface area contributed by atoms with Crippen molar-refractivity contribution < 1.29 is 9.13 Å². The van der Waals surface area contributed by atoms with Crippen LogP contribution >= 0.6 is 0 Å². The smallest absolute Gasteiger partial charge is 0.125 e. The molecule has 0 radical (unpaired) electrons. The quantitative estimate of drug-likeness (QED) is 0.855. The van der Waals surface area contributed by atoms with Gasteiger partial charge >= 0.3 is 0 Å². The lowest BCUT2D eigenvalue weighted by Gasteiger charge is -2.07. The Bertz CT molecular complexity index is 565. The Labute approximate surface area is 97.8 Å². The molecule has 0 spiro atoms. The molecule has 2 heterocycles. The van der Waals surface area contributed by atoms with E-state index in [1.54, 1.807) is 10.7 Å². The molecule has 0 bridgehead atoms. The minimum atomic E-state index is -0.280. The average Bonchev–Trinajstić information content (AvgIpc) is 2.88. The van der Waals surface area contributed by atoms with Crippen LogP contribution in [0.25, 0.3) is 5.69 Å². The molecule has 3 rings (SSSR count). The van der Waals surface area contributed by atoms with Gasteiger partial charge in [0, 0.05) is 12.1 Å². The Morgan fingerprint density at radius 2 is 2.29 bits per heavy atom. The normalized spacial score (nSPS) is 14.0. The highest BCUT2D eigenvalue weighted by Crippen LogP contribution is 2.25. The van der Waals surface area contributed by atoms with Gasteiger partial charge in [-0.25, -0.2) is 9.07 Å². The molecule has 0 fully saturated rings. The zero-order valence-electron chi connectivity index (χ0n) is 9.19. The predicted molar refractivity (Wildman–Crippen MR) is 59.9 cm³/mol. The molecule has 1 aromatic heterocycles. The van der Waals surface area contributed by atoms with E-state index >= 15 is 0 Å². The first-order valence-corrected chi connectivity index (χ1v) is 5.43. The van der Waals surface area contributed by atoms with Crippen molar-refractivity contribution in [3.05, 3.63) is 47.0 Å². The third kappa shape index (κ3) is 1.64. The fourth-order valence-corrected chi connectivity index (χ4v) is 2.10. The van der Waals surface area contributed by atoms with E-state index in [1.807, 2.05) is 6.07 Å². The zero-order chi connectivity index (χ0) is 11.8. The molecule has 2 N–H and O–H groups in total. The fraction of sp³-hybridized carbons (Fsp3) is 0.250. The number of hydrogen-bond acceptors (Lipinski definition) is 3. The van der Waals surface area contributed by atoms with Crippen LogP contribution < -0.4 is 5.73 Å². The molecule has 88 valence electrons. The van der Waals surface area contributed by atoms with Crippen LogP contribution in [-0.4, -0.2) is 9.78 Å². The number of rotatable bonds is 2. The molecular weight excluding hydrogens is 221 g/mol. The number of benzene rings is 1. The second-order valence-corrected chi connectivity index (χ2v) is 3.96. The molecule has 17 heavy (non-hydrogen) atoms. The van der Waals surface area contributed by atoms with E-state index < -0.39 is 0 Å². The van der Waals surface area contributed by atoms with Gasteiger partial charge < -0.3 is 10.5 Å². The molecule has 0 saturated carbocycles. The largest absolute Gasteiger partial charge is 0.370 e. The number of fused-ring (bicyclic) bond motifs is 1. The summed E-state index contributed by atoms with van der Waals surface area (Å²) in [5.41, 5.74) is 9.26. The van der Waals surface area contributed by atoms with Crippen molar-refractivity contribution in [2.24, 2.45) is 5.73 Å². The SMILES string of the molecule is NCc1c2c(nn1-c1cccc(F)c1)COC2. The van der Waals surface area contributed by atoms with E-state index in [4.69, 9.17) is 10.5 Å². The molecule has 0 amide bonds. The standard InChI is InChI=1S/C12H12FN3O/c13-8-2-1-3-9(4-8)16-12(5-14)10-6-17-7-11(10)15-16/h1-4H,5-7,14H2. The Morgan fingerprint density at radius 3 is 3.06 bits per heavy atom. The molecule has 1 aliphatic heterocycles. The van der Waals surface area contributed by atoms with Gasteiger partial charge in [0.2, 0.25) is 0 Å². The number of halogens is 1. The van der Waals surface area contributed by atoms with Crippen LogP contribution in [-0.2, 0) is 24.5 Å². The summed E-state index contributed by atoms with van der Waals surface area (Å²) in [6.07, 6.45) is 0. The van der Waals surface area contributed by atoms with E-state index in [9.17, 15) is 4.39 Å². The number of hydrogen-bond donors (Lipinski definition) is 1. The third-order valence-corrected chi connectivity index (χ3v) is 2.90. The molecule has 0 unspecified atom stereocenters. The lowest BCUT2D eigenvalue weighted by Crippen LogP contribution is -2.09. The van der Waals surface area contributed by atoms with Gasteiger partial charge in [0.1, 0.15) is 5.82 Å². The van der Waals surface area contributed by atoms with Crippen molar-refractivity contribution in [2.45, 2.75) is 19.8 Å². The van der Waals surface area contributed by atoms with Gasteiger partial charge in [0.05, 0.1) is 30.3 Å². The van der Waals surface area contributed by atoms with Crippen molar-refractivity contribution in [1.82, 2.24) is 9.78 Å². The van der Waals surface area contributed by atoms with Crippen molar-refractivity contribution in [3.63, 3.8) is 0 Å². The molecule has 4 nitrogen and oxygen atoms in total. The number of nitrogens with two attached hydrogens (primary N) is 1. The van der Waals surface area contributed by atoms with Crippen LogP contribution in [0.2, 0.25) is 0 Å². The topological polar surface area (TPSA) is 53.1 Å². The Kier molecular flexibility index (Phi) is 2.42. The van der Waals surface area contributed by atoms with E-state index in [1.165, 1.54) is 12.1 Å². The summed E-state index contributed by atoms with van der Waals surface area (Å²) in [4.78, 5) is 0. The van der Waals surface area contributed by atoms with E-state index in [0.717, 1.165) is 17.0 Å². The highest BCUT2D eigenvalue weighted by Gasteiger charge is 2.22. The molecule has 0 atom stereocenters. The van der Waals surface area contributed by atoms with Gasteiger partial charge in [-0.05, 0) is 18.2 Å². The average molecular weight is 233 g/mol. The van der Waals surface area contributed by atoms with Crippen molar-refractivity contribution in [3.8, 4) is 5.69 Å². The van der Waals surface area contributed by atoms with Gasteiger partial charge in [-0.1, -0.05) is 6.07 Å². The Morgan fingerprint density at radius 1 is 1.41 bits per heavy atom. The summed E-state index contributed by atoms with van der Waals surface area (Å²) in [7, 11) is 0. The number of nitrogens with zero attached hydrogens (tertiary/aromatic N) is 2. The highest BCUT2D eigenvalue weighted by atomic mass is 19.1. The highest BCUT2D eigenvalue weighted by molar-refractivity contribution is 5.38. The van der Waals surface area contributed by atoms with E-state index in [2.05, 4.69) is 5.10 Å². The molecular formula is C12H12FN3O. The van der Waals surface area contributed by atoms with Crippen molar-refractivity contribution >= 4 is 0 Å². The molecule has 1 aromatic carbocycles. The lowest BCUT2D eigenvalue weighted by molar-refractivity contribution is 0.130. The van der Waals surface area contributed by atoms with Gasteiger partial charge in [0.15, 0.2) is 0 Å². The molecule has 5 heteroatoms. The van der Waals surface area contributed by atoms with Crippen molar-refractivity contribution in [2.75, 3.05) is 0 Å². The third-order valence-electron chi connectivity index (χ3n) is 2.90. The lowest BCUT2D eigenvalue weighted by atomic mass is 10.2. The first-order chi connectivity index (χ1) is 8.29. The monoisotopic (exact) mass is 233 g/mol. The van der Waals surface area contributed by atoms with Gasteiger partial charge in [-0.3, -0.25) is 0 Å². The molecule has 0 aliphatic carbocycles. The maximum Gasteiger partial charge on any atom is 0.125 e. The predicted octanol–water partition coefficient (Wildman–Crippen LogP) is 1.50. The van der Waals surface area contributed by atoms with Crippen molar-refractivity contribution in [1.29, 1.82) is 0 Å². The van der Waals surface area contributed by atoms with E-state index in [-0.39, 0.29) is 5.82 Å².